The first kappa shape index (κ1) is 15.7. The number of benzene rings is 1. The van der Waals surface area contributed by atoms with E-state index in [4.69, 9.17) is 0 Å². The summed E-state index contributed by atoms with van der Waals surface area (Å²) in [5, 5.41) is 3.51. The van der Waals surface area contributed by atoms with Gasteiger partial charge in [0.05, 0.1) is 12.7 Å². The van der Waals surface area contributed by atoms with Gasteiger partial charge in [-0.1, -0.05) is 32.4 Å². The maximum Gasteiger partial charge on any atom is 0.337 e. The first-order valence-electron chi connectivity index (χ1n) is 6.97. The van der Waals surface area contributed by atoms with Gasteiger partial charge in [0.1, 0.15) is 0 Å². The van der Waals surface area contributed by atoms with E-state index in [1.165, 1.54) is 25.5 Å². The number of carbonyl (C=O) groups excluding carboxylic acids is 1. The smallest absolute Gasteiger partial charge is 0.337 e. The Balaban J connectivity index is 2.43. The zero-order valence-electron chi connectivity index (χ0n) is 12.4. The van der Waals surface area contributed by atoms with Crippen LogP contribution < -0.4 is 5.32 Å². The minimum Gasteiger partial charge on any atom is -0.465 e. The monoisotopic (exact) mass is 263 g/mol. The number of hydrogen-bond acceptors (Lipinski definition) is 3. The van der Waals surface area contributed by atoms with Gasteiger partial charge in [-0.05, 0) is 37.0 Å². The van der Waals surface area contributed by atoms with Gasteiger partial charge in [-0.15, -0.1) is 0 Å². The SMILES string of the molecule is CCC(C)CC(C)NCc1ccc(C(=O)OC)cc1. The highest BCUT2D eigenvalue weighted by Crippen LogP contribution is 2.10. The molecule has 1 N–H and O–H groups in total. The predicted molar refractivity (Wildman–Crippen MR) is 78.2 cm³/mol. The minimum absolute atomic E-state index is 0.287. The van der Waals surface area contributed by atoms with Crippen molar-refractivity contribution in [3.63, 3.8) is 0 Å². The molecule has 2 unspecified atom stereocenters. The summed E-state index contributed by atoms with van der Waals surface area (Å²) >= 11 is 0. The van der Waals surface area contributed by atoms with E-state index < -0.39 is 0 Å². The zero-order valence-corrected chi connectivity index (χ0v) is 12.4. The second-order valence-electron chi connectivity index (χ2n) is 5.22. The molecule has 0 heterocycles. The number of esters is 1. The molecule has 0 radical (unpaired) electrons. The molecule has 0 spiro atoms. The Bertz CT molecular complexity index is 386. The molecule has 19 heavy (non-hydrogen) atoms. The number of ether oxygens (including phenoxy) is 1. The average molecular weight is 263 g/mol. The Morgan fingerprint density at radius 3 is 2.42 bits per heavy atom. The number of carbonyl (C=O) groups is 1. The van der Waals surface area contributed by atoms with Gasteiger partial charge in [0.25, 0.3) is 0 Å². The largest absolute Gasteiger partial charge is 0.465 e. The van der Waals surface area contributed by atoms with E-state index in [0.29, 0.717) is 11.6 Å². The molecule has 0 saturated carbocycles. The summed E-state index contributed by atoms with van der Waals surface area (Å²) < 4.78 is 4.68. The Morgan fingerprint density at radius 1 is 1.26 bits per heavy atom. The van der Waals surface area contributed by atoms with Crippen LogP contribution in [0, 0.1) is 5.92 Å². The van der Waals surface area contributed by atoms with E-state index in [9.17, 15) is 4.79 Å². The molecule has 0 aromatic heterocycles. The topological polar surface area (TPSA) is 38.3 Å². The highest BCUT2D eigenvalue weighted by molar-refractivity contribution is 5.89. The molecule has 1 aromatic carbocycles. The second kappa shape index (κ2) is 7.95. The molecule has 3 nitrogen and oxygen atoms in total. The fourth-order valence-electron chi connectivity index (χ4n) is 2.02. The van der Waals surface area contributed by atoms with E-state index in [2.05, 4.69) is 30.8 Å². The molecule has 2 atom stereocenters. The van der Waals surface area contributed by atoms with Crippen LogP contribution in [0.25, 0.3) is 0 Å². The number of methoxy groups -OCH3 is 1. The molecular formula is C16H25NO2. The van der Waals surface area contributed by atoms with Crippen molar-refractivity contribution in [1.82, 2.24) is 5.32 Å². The van der Waals surface area contributed by atoms with Crippen molar-refractivity contribution in [3.05, 3.63) is 35.4 Å². The van der Waals surface area contributed by atoms with Gasteiger partial charge in [0, 0.05) is 12.6 Å². The fourth-order valence-corrected chi connectivity index (χ4v) is 2.02. The lowest BCUT2D eigenvalue weighted by Gasteiger charge is -2.17. The molecule has 0 bridgehead atoms. The number of rotatable bonds is 7. The molecule has 106 valence electrons. The lowest BCUT2D eigenvalue weighted by Crippen LogP contribution is -2.27. The first-order valence-corrected chi connectivity index (χ1v) is 6.97. The van der Waals surface area contributed by atoms with Gasteiger partial charge in [-0.25, -0.2) is 4.79 Å². The average Bonchev–Trinajstić information content (AvgIpc) is 2.44. The molecule has 0 saturated heterocycles. The summed E-state index contributed by atoms with van der Waals surface area (Å²) in [6, 6.07) is 8.06. The summed E-state index contributed by atoms with van der Waals surface area (Å²) in [7, 11) is 1.40. The summed E-state index contributed by atoms with van der Waals surface area (Å²) in [6.07, 6.45) is 2.41. The fraction of sp³-hybridized carbons (Fsp3) is 0.562. The lowest BCUT2D eigenvalue weighted by molar-refractivity contribution is 0.0600. The van der Waals surface area contributed by atoms with Crippen LogP contribution in [0.4, 0.5) is 0 Å². The maximum absolute atomic E-state index is 11.3. The quantitative estimate of drug-likeness (QED) is 0.766. The van der Waals surface area contributed by atoms with Gasteiger partial charge in [0.15, 0.2) is 0 Å². The number of hydrogen-bond donors (Lipinski definition) is 1. The van der Waals surface area contributed by atoms with Crippen molar-refractivity contribution in [1.29, 1.82) is 0 Å². The molecule has 0 aliphatic rings. The first-order chi connectivity index (χ1) is 9.06. The van der Waals surface area contributed by atoms with Crippen molar-refractivity contribution in [3.8, 4) is 0 Å². The van der Waals surface area contributed by atoms with E-state index in [0.717, 1.165) is 12.5 Å². The van der Waals surface area contributed by atoms with Gasteiger partial charge in [-0.3, -0.25) is 0 Å². The molecule has 3 heteroatoms. The molecular weight excluding hydrogens is 238 g/mol. The van der Waals surface area contributed by atoms with Crippen molar-refractivity contribution in [2.75, 3.05) is 7.11 Å². The van der Waals surface area contributed by atoms with Gasteiger partial charge < -0.3 is 10.1 Å². The minimum atomic E-state index is -0.287. The van der Waals surface area contributed by atoms with Crippen molar-refractivity contribution >= 4 is 5.97 Å². The van der Waals surface area contributed by atoms with E-state index in [1.807, 2.05) is 24.3 Å². The van der Waals surface area contributed by atoms with Crippen LogP contribution >= 0.6 is 0 Å². The zero-order chi connectivity index (χ0) is 14.3. The Kier molecular flexibility index (Phi) is 6.57. The summed E-state index contributed by atoms with van der Waals surface area (Å²) in [5.74, 6) is 0.467. The van der Waals surface area contributed by atoms with Crippen LogP contribution in [0.15, 0.2) is 24.3 Å². The maximum atomic E-state index is 11.3. The van der Waals surface area contributed by atoms with Gasteiger partial charge >= 0.3 is 5.97 Å². The second-order valence-corrected chi connectivity index (χ2v) is 5.22. The normalized spacial score (nSPS) is 13.9. The summed E-state index contributed by atoms with van der Waals surface area (Å²) in [5.41, 5.74) is 1.78. The Labute approximate surface area is 116 Å². The van der Waals surface area contributed by atoms with E-state index >= 15 is 0 Å². The van der Waals surface area contributed by atoms with Crippen LogP contribution in [0.5, 0.6) is 0 Å². The summed E-state index contributed by atoms with van der Waals surface area (Å²) in [6.45, 7) is 7.56. The molecule has 0 aliphatic heterocycles. The van der Waals surface area contributed by atoms with Crippen molar-refractivity contribution in [2.45, 2.75) is 46.2 Å². The predicted octanol–water partition coefficient (Wildman–Crippen LogP) is 3.39. The van der Waals surface area contributed by atoms with Crippen LogP contribution in [0.2, 0.25) is 0 Å². The van der Waals surface area contributed by atoms with Crippen molar-refractivity contribution in [2.24, 2.45) is 5.92 Å². The molecule has 1 aromatic rings. The standard InChI is InChI=1S/C16H25NO2/c1-5-12(2)10-13(3)17-11-14-6-8-15(9-7-14)16(18)19-4/h6-9,12-13,17H,5,10-11H2,1-4H3. The molecule has 0 fully saturated rings. The highest BCUT2D eigenvalue weighted by atomic mass is 16.5. The van der Waals surface area contributed by atoms with Gasteiger partial charge in [0.2, 0.25) is 0 Å². The third-order valence-electron chi connectivity index (χ3n) is 3.48. The molecule has 1 rings (SSSR count). The van der Waals surface area contributed by atoms with E-state index in [-0.39, 0.29) is 5.97 Å². The molecule has 0 amide bonds. The number of nitrogens with one attached hydrogen (secondary N) is 1. The third-order valence-corrected chi connectivity index (χ3v) is 3.48. The van der Waals surface area contributed by atoms with Crippen LogP contribution in [-0.4, -0.2) is 19.1 Å². The van der Waals surface area contributed by atoms with Crippen LogP contribution in [0.1, 0.15) is 49.5 Å². The van der Waals surface area contributed by atoms with Crippen LogP contribution in [-0.2, 0) is 11.3 Å². The van der Waals surface area contributed by atoms with Crippen LogP contribution in [0.3, 0.4) is 0 Å². The lowest BCUT2D eigenvalue weighted by atomic mass is 10.0. The third kappa shape index (κ3) is 5.43. The van der Waals surface area contributed by atoms with E-state index in [1.54, 1.807) is 0 Å². The highest BCUT2D eigenvalue weighted by Gasteiger charge is 2.07. The Hall–Kier alpha value is -1.35. The Morgan fingerprint density at radius 2 is 1.89 bits per heavy atom. The summed E-state index contributed by atoms with van der Waals surface area (Å²) in [4.78, 5) is 11.3. The van der Waals surface area contributed by atoms with Crippen molar-refractivity contribution < 1.29 is 9.53 Å². The van der Waals surface area contributed by atoms with Gasteiger partial charge in [-0.2, -0.15) is 0 Å². The molecule has 0 aliphatic carbocycles.